The third-order valence-corrected chi connectivity index (χ3v) is 6.43. The number of rotatable bonds is 2. The Morgan fingerprint density at radius 1 is 1.14 bits per heavy atom. The number of benzene rings is 2. The molecule has 0 spiro atoms. The summed E-state index contributed by atoms with van der Waals surface area (Å²) < 4.78 is 23.3. The molecule has 1 aromatic heterocycles. The Hall–Kier alpha value is -3.20. The first-order valence-electron chi connectivity index (χ1n) is 8.65. The predicted octanol–water partition coefficient (Wildman–Crippen LogP) is 1.17. The molecule has 144 valence electrons. The number of nitrogens with zero attached hydrogens (tertiary/aromatic N) is 2. The number of aromatic amines is 1. The van der Waals surface area contributed by atoms with E-state index >= 15 is 0 Å². The molecule has 0 unspecified atom stereocenters. The quantitative estimate of drug-likeness (QED) is 0.667. The maximum atomic E-state index is 13.0. The molecule has 0 aliphatic carbocycles. The molecule has 0 atom stereocenters. The van der Waals surface area contributed by atoms with E-state index < -0.39 is 15.4 Å². The maximum Gasteiger partial charge on any atom is 0.258 e. The van der Waals surface area contributed by atoms with Gasteiger partial charge in [-0.05, 0) is 29.3 Å². The summed E-state index contributed by atoms with van der Waals surface area (Å²) in [6, 6.07) is 9.87. The van der Waals surface area contributed by atoms with Crippen LogP contribution in [0.2, 0.25) is 0 Å². The second-order valence-corrected chi connectivity index (χ2v) is 8.92. The Labute approximate surface area is 160 Å². The van der Waals surface area contributed by atoms with Gasteiger partial charge in [0.1, 0.15) is 11.3 Å². The number of phenols is 1. The zero-order chi connectivity index (χ0) is 19.9. The number of amides is 1. The molecule has 8 nitrogen and oxygen atoms in total. The van der Waals surface area contributed by atoms with Crippen LogP contribution in [0.3, 0.4) is 0 Å². The zero-order valence-corrected chi connectivity index (χ0v) is 15.6. The van der Waals surface area contributed by atoms with Gasteiger partial charge in [0.05, 0.1) is 23.2 Å². The van der Waals surface area contributed by atoms with Crippen LogP contribution in [0.5, 0.6) is 5.75 Å². The van der Waals surface area contributed by atoms with Gasteiger partial charge in [-0.25, -0.2) is 13.4 Å². The molecule has 1 amide bonds. The fourth-order valence-electron chi connectivity index (χ4n) is 3.32. The summed E-state index contributed by atoms with van der Waals surface area (Å²) in [6.07, 6.45) is 1.21. The summed E-state index contributed by atoms with van der Waals surface area (Å²) in [4.78, 5) is 33.1. The van der Waals surface area contributed by atoms with E-state index in [0.29, 0.717) is 16.7 Å². The van der Waals surface area contributed by atoms with E-state index in [2.05, 4.69) is 9.97 Å². The van der Waals surface area contributed by atoms with Crippen molar-refractivity contribution in [1.82, 2.24) is 14.9 Å². The molecular formula is C19H17N3O5S. The first-order chi connectivity index (χ1) is 13.4. The van der Waals surface area contributed by atoms with Crippen molar-refractivity contribution >= 4 is 26.6 Å². The van der Waals surface area contributed by atoms with E-state index in [1.807, 2.05) is 0 Å². The lowest BCUT2D eigenvalue weighted by Gasteiger charge is -2.27. The summed E-state index contributed by atoms with van der Waals surface area (Å²) in [6.45, 7) is 0.282. The van der Waals surface area contributed by atoms with Crippen molar-refractivity contribution in [2.45, 2.75) is 0 Å². The highest BCUT2D eigenvalue weighted by molar-refractivity contribution is 7.91. The van der Waals surface area contributed by atoms with E-state index in [-0.39, 0.29) is 47.2 Å². The minimum Gasteiger partial charge on any atom is -0.506 e. The Balaban J connectivity index is 1.79. The highest BCUT2D eigenvalue weighted by atomic mass is 32.2. The second kappa shape index (κ2) is 6.75. The molecule has 28 heavy (non-hydrogen) atoms. The van der Waals surface area contributed by atoms with Crippen molar-refractivity contribution in [3.63, 3.8) is 0 Å². The first kappa shape index (κ1) is 18.2. The van der Waals surface area contributed by atoms with Gasteiger partial charge in [-0.15, -0.1) is 0 Å². The minimum atomic E-state index is -3.10. The number of carbonyl (C=O) groups is 1. The first-order valence-corrected chi connectivity index (χ1v) is 10.5. The normalized spacial score (nSPS) is 16.2. The molecule has 1 aliphatic heterocycles. The molecule has 0 saturated carbocycles. The van der Waals surface area contributed by atoms with E-state index in [4.69, 9.17) is 0 Å². The van der Waals surface area contributed by atoms with Gasteiger partial charge >= 0.3 is 0 Å². The summed E-state index contributed by atoms with van der Waals surface area (Å²) in [5, 5.41) is 10.5. The second-order valence-electron chi connectivity index (χ2n) is 6.61. The molecule has 2 heterocycles. The smallest absolute Gasteiger partial charge is 0.258 e. The summed E-state index contributed by atoms with van der Waals surface area (Å²) in [5.41, 5.74) is 1.20. The SMILES string of the molecule is O=C(c1ccccc1-c1cc(O)c2nc[nH]c(=O)c2c1)N1CCS(=O)(=O)CC1. The van der Waals surface area contributed by atoms with Crippen LogP contribution in [0.25, 0.3) is 22.0 Å². The molecule has 2 aromatic carbocycles. The number of phenolic OH excluding ortho intramolecular Hbond substituents is 1. The van der Waals surface area contributed by atoms with Crippen LogP contribution in [0, 0.1) is 0 Å². The average molecular weight is 399 g/mol. The molecule has 0 bridgehead atoms. The van der Waals surface area contributed by atoms with Gasteiger partial charge in [0.2, 0.25) is 0 Å². The number of hydrogen-bond donors (Lipinski definition) is 2. The molecule has 1 aliphatic rings. The van der Waals surface area contributed by atoms with Crippen molar-refractivity contribution in [3.8, 4) is 16.9 Å². The predicted molar refractivity (Wildman–Crippen MR) is 104 cm³/mol. The maximum absolute atomic E-state index is 13.0. The lowest BCUT2D eigenvalue weighted by atomic mass is 9.97. The summed E-state index contributed by atoms with van der Waals surface area (Å²) >= 11 is 0. The minimum absolute atomic E-state index is 0.0568. The van der Waals surface area contributed by atoms with Crippen LogP contribution in [-0.4, -0.2) is 58.9 Å². The number of aromatic nitrogens is 2. The number of aromatic hydroxyl groups is 1. The van der Waals surface area contributed by atoms with Crippen molar-refractivity contribution in [3.05, 3.63) is 58.6 Å². The average Bonchev–Trinajstić information content (AvgIpc) is 2.68. The Bertz CT molecular complexity index is 1240. The van der Waals surface area contributed by atoms with Crippen molar-refractivity contribution in [1.29, 1.82) is 0 Å². The van der Waals surface area contributed by atoms with E-state index in [1.54, 1.807) is 30.3 Å². The van der Waals surface area contributed by atoms with Crippen LogP contribution in [0.15, 0.2) is 47.5 Å². The lowest BCUT2D eigenvalue weighted by Crippen LogP contribution is -2.43. The largest absolute Gasteiger partial charge is 0.506 e. The van der Waals surface area contributed by atoms with Gasteiger partial charge in [0, 0.05) is 18.7 Å². The van der Waals surface area contributed by atoms with Gasteiger partial charge in [0.25, 0.3) is 11.5 Å². The Morgan fingerprint density at radius 2 is 1.86 bits per heavy atom. The number of nitrogens with one attached hydrogen (secondary N) is 1. The zero-order valence-electron chi connectivity index (χ0n) is 14.8. The van der Waals surface area contributed by atoms with Gasteiger partial charge in [0.15, 0.2) is 9.84 Å². The standard InChI is InChI=1S/C19H17N3O5S/c23-16-10-12(9-15-17(16)20-11-21-18(15)24)13-3-1-2-4-14(13)19(25)22-5-7-28(26,27)8-6-22/h1-4,9-11,23H,5-8H2,(H,20,21,24). The highest BCUT2D eigenvalue weighted by Gasteiger charge is 2.27. The molecule has 3 aromatic rings. The molecular weight excluding hydrogens is 382 g/mol. The van der Waals surface area contributed by atoms with Crippen LogP contribution in [0.4, 0.5) is 0 Å². The van der Waals surface area contributed by atoms with Gasteiger partial charge < -0.3 is 15.0 Å². The highest BCUT2D eigenvalue weighted by Crippen LogP contribution is 2.31. The Morgan fingerprint density at radius 3 is 2.61 bits per heavy atom. The topological polar surface area (TPSA) is 120 Å². The van der Waals surface area contributed by atoms with E-state index in [9.17, 15) is 23.1 Å². The van der Waals surface area contributed by atoms with Crippen molar-refractivity contribution in [2.24, 2.45) is 0 Å². The number of fused-ring (bicyclic) bond motifs is 1. The third kappa shape index (κ3) is 3.24. The monoisotopic (exact) mass is 399 g/mol. The third-order valence-electron chi connectivity index (χ3n) is 4.82. The summed E-state index contributed by atoms with van der Waals surface area (Å²) in [5.74, 6) is -0.563. The van der Waals surface area contributed by atoms with Gasteiger partial charge in [-0.3, -0.25) is 9.59 Å². The molecule has 2 N–H and O–H groups in total. The number of carbonyl (C=O) groups excluding carboxylic acids is 1. The van der Waals surface area contributed by atoms with Crippen LogP contribution < -0.4 is 5.56 Å². The molecule has 4 rings (SSSR count). The van der Waals surface area contributed by atoms with Crippen molar-refractivity contribution in [2.75, 3.05) is 24.6 Å². The van der Waals surface area contributed by atoms with Crippen LogP contribution in [-0.2, 0) is 9.84 Å². The van der Waals surface area contributed by atoms with Crippen LogP contribution in [0.1, 0.15) is 10.4 Å². The van der Waals surface area contributed by atoms with E-state index in [1.165, 1.54) is 17.3 Å². The number of H-pyrrole nitrogens is 1. The molecule has 1 fully saturated rings. The molecule has 1 saturated heterocycles. The number of hydrogen-bond acceptors (Lipinski definition) is 6. The molecule has 0 radical (unpaired) electrons. The van der Waals surface area contributed by atoms with Gasteiger partial charge in [-0.2, -0.15) is 0 Å². The summed E-state index contributed by atoms with van der Waals surface area (Å²) in [7, 11) is -3.10. The van der Waals surface area contributed by atoms with E-state index in [0.717, 1.165) is 0 Å². The lowest BCUT2D eigenvalue weighted by molar-refractivity contribution is 0.0771. The fraction of sp³-hybridized carbons (Fsp3) is 0.211. The fourth-order valence-corrected chi connectivity index (χ4v) is 4.53. The van der Waals surface area contributed by atoms with Crippen LogP contribution >= 0.6 is 0 Å². The van der Waals surface area contributed by atoms with Crippen molar-refractivity contribution < 1.29 is 18.3 Å². The molecule has 9 heteroatoms. The van der Waals surface area contributed by atoms with Gasteiger partial charge in [-0.1, -0.05) is 18.2 Å². The Kier molecular flexibility index (Phi) is 4.38. The number of sulfone groups is 1.